The number of carbonyl (C=O) groups is 1. The number of fused-ring (bicyclic) bond motifs is 1. The van der Waals surface area contributed by atoms with Gasteiger partial charge < -0.3 is 0 Å². The number of H-pyrrole nitrogens is 1. The SMILES string of the molecule is NNC(=O)[C@H]1CCc2[nH]ncc2C1. The zero-order valence-electron chi connectivity index (χ0n) is 7.21. The first-order chi connectivity index (χ1) is 6.31. The molecule has 0 unspecified atom stereocenters. The minimum atomic E-state index is -0.0770. The van der Waals surface area contributed by atoms with Crippen molar-refractivity contribution in [1.29, 1.82) is 0 Å². The summed E-state index contributed by atoms with van der Waals surface area (Å²) in [7, 11) is 0. The van der Waals surface area contributed by atoms with Crippen molar-refractivity contribution in [2.75, 3.05) is 0 Å². The summed E-state index contributed by atoms with van der Waals surface area (Å²) < 4.78 is 0. The molecule has 1 aromatic heterocycles. The molecule has 2 rings (SSSR count). The molecule has 13 heavy (non-hydrogen) atoms. The van der Waals surface area contributed by atoms with E-state index in [0.717, 1.165) is 30.5 Å². The summed E-state index contributed by atoms with van der Waals surface area (Å²) in [4.78, 5) is 11.2. The van der Waals surface area contributed by atoms with Crippen molar-refractivity contribution in [2.24, 2.45) is 11.8 Å². The Hall–Kier alpha value is -1.36. The molecule has 0 aromatic carbocycles. The zero-order chi connectivity index (χ0) is 9.26. The lowest BCUT2D eigenvalue weighted by Gasteiger charge is -2.19. The number of aromatic amines is 1. The number of amides is 1. The molecule has 70 valence electrons. The third kappa shape index (κ3) is 1.42. The summed E-state index contributed by atoms with van der Waals surface area (Å²) in [6.45, 7) is 0. The van der Waals surface area contributed by atoms with Gasteiger partial charge in [0.25, 0.3) is 0 Å². The first-order valence-electron chi connectivity index (χ1n) is 4.33. The van der Waals surface area contributed by atoms with Crippen LogP contribution in [0.2, 0.25) is 0 Å². The molecule has 5 nitrogen and oxygen atoms in total. The highest BCUT2D eigenvalue weighted by atomic mass is 16.2. The van der Waals surface area contributed by atoms with Crippen LogP contribution in [0, 0.1) is 5.92 Å². The number of aromatic nitrogens is 2. The highest BCUT2D eigenvalue weighted by Crippen LogP contribution is 2.23. The van der Waals surface area contributed by atoms with Crippen molar-refractivity contribution in [2.45, 2.75) is 19.3 Å². The van der Waals surface area contributed by atoms with E-state index in [2.05, 4.69) is 15.6 Å². The van der Waals surface area contributed by atoms with Crippen LogP contribution in [0.4, 0.5) is 0 Å². The molecule has 1 aromatic rings. The van der Waals surface area contributed by atoms with Crippen molar-refractivity contribution in [3.8, 4) is 0 Å². The number of aryl methyl sites for hydroxylation is 1. The Balaban J connectivity index is 2.13. The number of nitrogens with one attached hydrogen (secondary N) is 2. The topological polar surface area (TPSA) is 83.8 Å². The van der Waals surface area contributed by atoms with E-state index in [1.165, 1.54) is 0 Å². The molecule has 0 fully saturated rings. The standard InChI is InChI=1S/C8H12N4O/c9-11-8(13)5-1-2-7-6(3-5)4-10-12-7/h4-5H,1-3,9H2,(H,10,12)(H,11,13)/t5-/m0/s1. The fourth-order valence-electron chi connectivity index (χ4n) is 1.76. The molecule has 0 spiro atoms. The fourth-order valence-corrected chi connectivity index (χ4v) is 1.76. The first kappa shape index (κ1) is 8.25. The molecule has 5 heteroatoms. The quantitative estimate of drug-likeness (QED) is 0.309. The molecular weight excluding hydrogens is 168 g/mol. The Labute approximate surface area is 75.7 Å². The summed E-state index contributed by atoms with van der Waals surface area (Å²) >= 11 is 0. The van der Waals surface area contributed by atoms with Gasteiger partial charge in [-0.25, -0.2) is 5.84 Å². The predicted molar refractivity (Wildman–Crippen MR) is 46.4 cm³/mol. The summed E-state index contributed by atoms with van der Waals surface area (Å²) in [5.41, 5.74) is 4.48. The molecule has 0 radical (unpaired) electrons. The maximum atomic E-state index is 11.2. The minimum Gasteiger partial charge on any atom is -0.294 e. The van der Waals surface area contributed by atoms with E-state index in [0.29, 0.717) is 0 Å². The van der Waals surface area contributed by atoms with E-state index < -0.39 is 0 Å². The first-order valence-corrected chi connectivity index (χ1v) is 4.33. The van der Waals surface area contributed by atoms with Gasteiger partial charge in [0, 0.05) is 11.6 Å². The van der Waals surface area contributed by atoms with Crippen molar-refractivity contribution in [3.63, 3.8) is 0 Å². The summed E-state index contributed by atoms with van der Waals surface area (Å²) in [6.07, 6.45) is 4.26. The van der Waals surface area contributed by atoms with Crippen molar-refractivity contribution >= 4 is 5.91 Å². The van der Waals surface area contributed by atoms with Gasteiger partial charge in [0.15, 0.2) is 0 Å². The number of hydrogen-bond donors (Lipinski definition) is 3. The normalized spacial score (nSPS) is 20.8. The number of hydrogen-bond acceptors (Lipinski definition) is 3. The van der Waals surface area contributed by atoms with Crippen LogP contribution in [0.3, 0.4) is 0 Å². The Morgan fingerprint density at radius 2 is 2.62 bits per heavy atom. The van der Waals surface area contributed by atoms with Crippen LogP contribution in [0.25, 0.3) is 0 Å². The minimum absolute atomic E-state index is 0.00935. The van der Waals surface area contributed by atoms with E-state index >= 15 is 0 Å². The summed E-state index contributed by atoms with van der Waals surface area (Å²) in [5.74, 6) is 5.01. The zero-order valence-corrected chi connectivity index (χ0v) is 7.21. The Bertz CT molecular complexity index is 320. The van der Waals surface area contributed by atoms with Crippen molar-refractivity contribution < 1.29 is 4.79 Å². The Morgan fingerprint density at radius 3 is 3.38 bits per heavy atom. The molecule has 1 heterocycles. The largest absolute Gasteiger partial charge is 0.294 e. The highest BCUT2D eigenvalue weighted by molar-refractivity contribution is 5.78. The van der Waals surface area contributed by atoms with Gasteiger partial charge in [-0.2, -0.15) is 5.10 Å². The van der Waals surface area contributed by atoms with Crippen LogP contribution in [0.5, 0.6) is 0 Å². The molecule has 1 atom stereocenters. The monoisotopic (exact) mass is 180 g/mol. The van der Waals surface area contributed by atoms with Gasteiger partial charge in [-0.1, -0.05) is 0 Å². The van der Waals surface area contributed by atoms with Gasteiger partial charge in [0.05, 0.1) is 6.20 Å². The highest BCUT2D eigenvalue weighted by Gasteiger charge is 2.24. The number of carbonyl (C=O) groups excluding carboxylic acids is 1. The van der Waals surface area contributed by atoms with Gasteiger partial charge in [0.2, 0.25) is 5.91 Å². The predicted octanol–water partition coefficient (Wildman–Crippen LogP) is -0.496. The molecular formula is C8H12N4O. The summed E-state index contributed by atoms with van der Waals surface area (Å²) in [5, 5.41) is 6.86. The van der Waals surface area contributed by atoms with E-state index in [1.54, 1.807) is 6.20 Å². The van der Waals surface area contributed by atoms with Crippen LogP contribution in [0.1, 0.15) is 17.7 Å². The van der Waals surface area contributed by atoms with Crippen LogP contribution in [-0.2, 0) is 17.6 Å². The van der Waals surface area contributed by atoms with Gasteiger partial charge in [-0.05, 0) is 24.8 Å². The molecule has 0 saturated heterocycles. The number of nitrogens with two attached hydrogens (primary N) is 1. The average Bonchev–Trinajstić information content (AvgIpc) is 2.63. The van der Waals surface area contributed by atoms with Gasteiger partial charge >= 0.3 is 0 Å². The Kier molecular flexibility index (Phi) is 2.02. The number of nitrogens with zero attached hydrogens (tertiary/aromatic N) is 1. The van der Waals surface area contributed by atoms with E-state index in [4.69, 9.17) is 5.84 Å². The second-order valence-corrected chi connectivity index (χ2v) is 3.32. The fraction of sp³-hybridized carbons (Fsp3) is 0.500. The molecule has 1 aliphatic rings. The van der Waals surface area contributed by atoms with Crippen LogP contribution in [0.15, 0.2) is 6.20 Å². The van der Waals surface area contributed by atoms with E-state index in [9.17, 15) is 4.79 Å². The second kappa shape index (κ2) is 3.18. The van der Waals surface area contributed by atoms with Crippen LogP contribution >= 0.6 is 0 Å². The second-order valence-electron chi connectivity index (χ2n) is 3.32. The lowest BCUT2D eigenvalue weighted by molar-refractivity contribution is -0.125. The molecule has 1 aliphatic carbocycles. The van der Waals surface area contributed by atoms with Crippen LogP contribution < -0.4 is 11.3 Å². The molecule has 4 N–H and O–H groups in total. The third-order valence-electron chi connectivity index (χ3n) is 2.53. The summed E-state index contributed by atoms with van der Waals surface area (Å²) in [6, 6.07) is 0. The molecule has 0 bridgehead atoms. The van der Waals surface area contributed by atoms with Crippen molar-refractivity contribution in [3.05, 3.63) is 17.5 Å². The van der Waals surface area contributed by atoms with E-state index in [1.807, 2.05) is 0 Å². The molecule has 0 saturated carbocycles. The van der Waals surface area contributed by atoms with Gasteiger partial charge in [-0.15, -0.1) is 0 Å². The van der Waals surface area contributed by atoms with Gasteiger partial charge in [0.1, 0.15) is 0 Å². The number of hydrazine groups is 1. The van der Waals surface area contributed by atoms with Crippen LogP contribution in [-0.4, -0.2) is 16.1 Å². The Morgan fingerprint density at radius 1 is 1.77 bits per heavy atom. The smallest absolute Gasteiger partial charge is 0.237 e. The lowest BCUT2D eigenvalue weighted by atomic mass is 9.87. The average molecular weight is 180 g/mol. The molecule has 1 amide bonds. The number of rotatable bonds is 1. The maximum absolute atomic E-state index is 11.2. The lowest BCUT2D eigenvalue weighted by Crippen LogP contribution is -2.38. The molecule has 0 aliphatic heterocycles. The third-order valence-corrected chi connectivity index (χ3v) is 2.53. The van der Waals surface area contributed by atoms with Gasteiger partial charge in [-0.3, -0.25) is 15.3 Å². The van der Waals surface area contributed by atoms with Crippen molar-refractivity contribution in [1.82, 2.24) is 15.6 Å². The van der Waals surface area contributed by atoms with E-state index in [-0.39, 0.29) is 11.8 Å². The maximum Gasteiger partial charge on any atom is 0.237 e.